The van der Waals surface area contributed by atoms with E-state index in [0.717, 1.165) is 31.4 Å². The number of halogens is 1. The van der Waals surface area contributed by atoms with E-state index in [4.69, 9.17) is 11.6 Å². The molecular formula is C23H41ClN2O. The number of nitrogens with zero attached hydrogens (tertiary/aromatic N) is 1. The minimum Gasteiger partial charge on any atom is -0.268 e. The third kappa shape index (κ3) is 6.93. The highest BCUT2D eigenvalue weighted by Gasteiger charge is 2.42. The van der Waals surface area contributed by atoms with Crippen LogP contribution in [0.3, 0.4) is 0 Å². The van der Waals surface area contributed by atoms with Gasteiger partial charge in [-0.2, -0.15) is 5.10 Å². The molecule has 1 rings (SSSR count). The van der Waals surface area contributed by atoms with E-state index in [0.29, 0.717) is 11.8 Å². The van der Waals surface area contributed by atoms with E-state index in [1.165, 1.54) is 38.5 Å². The zero-order valence-electron chi connectivity index (χ0n) is 18.2. The second kappa shape index (κ2) is 12.6. The lowest BCUT2D eigenvalue weighted by Gasteiger charge is -2.44. The van der Waals surface area contributed by atoms with E-state index in [1.807, 2.05) is 6.07 Å². The average Bonchev–Trinajstić information content (AvgIpc) is 2.68. The molecule has 4 heteroatoms. The third-order valence-corrected chi connectivity index (χ3v) is 6.91. The van der Waals surface area contributed by atoms with Crippen LogP contribution in [-0.4, -0.2) is 15.6 Å². The van der Waals surface area contributed by atoms with Crippen LogP contribution >= 0.6 is 11.6 Å². The van der Waals surface area contributed by atoms with Crippen LogP contribution in [0.15, 0.2) is 16.9 Å². The number of aromatic amines is 1. The van der Waals surface area contributed by atoms with Crippen LogP contribution in [0.5, 0.6) is 0 Å². The van der Waals surface area contributed by atoms with Crippen molar-refractivity contribution in [2.45, 2.75) is 110 Å². The highest BCUT2D eigenvalue weighted by Crippen LogP contribution is 2.46. The number of H-pyrrole nitrogens is 1. The molecule has 4 atom stereocenters. The number of nitrogens with one attached hydrogen (secondary N) is 1. The molecule has 0 amide bonds. The SMILES string of the molecule is CCCCC(CCC)C(C)(c1ccc(=O)[nH]n1)C(CCC)CCC(Cl)CC. The number of rotatable bonds is 14. The fraction of sp³-hybridized carbons (Fsp3) is 0.826. The number of hydrogen-bond donors (Lipinski definition) is 1. The molecule has 0 aliphatic rings. The monoisotopic (exact) mass is 396 g/mol. The minimum absolute atomic E-state index is 0.0320. The molecular weight excluding hydrogens is 356 g/mol. The smallest absolute Gasteiger partial charge is 0.264 e. The zero-order valence-corrected chi connectivity index (χ0v) is 18.9. The first-order chi connectivity index (χ1) is 12.9. The Labute approximate surface area is 171 Å². The van der Waals surface area contributed by atoms with Crippen molar-refractivity contribution < 1.29 is 0 Å². The van der Waals surface area contributed by atoms with Gasteiger partial charge in [0.2, 0.25) is 0 Å². The molecule has 1 heterocycles. The van der Waals surface area contributed by atoms with Gasteiger partial charge in [-0.05, 0) is 56.4 Å². The maximum atomic E-state index is 11.6. The Bertz CT molecular complexity index is 553. The van der Waals surface area contributed by atoms with Crippen molar-refractivity contribution in [2.24, 2.45) is 11.8 Å². The maximum absolute atomic E-state index is 11.6. The van der Waals surface area contributed by atoms with Crippen LogP contribution in [0.25, 0.3) is 0 Å². The predicted molar refractivity (Wildman–Crippen MR) is 118 cm³/mol. The topological polar surface area (TPSA) is 45.8 Å². The molecule has 0 saturated heterocycles. The standard InChI is InChI=1S/C23H41ClN2O/c1-6-10-13-18(11-7-2)23(5,21-16-17-22(27)26-25-21)19(12-8-3)14-15-20(24)9-4/h16-20H,6-15H2,1-5H3,(H,26,27). The Kier molecular flexibility index (Phi) is 11.3. The summed E-state index contributed by atoms with van der Waals surface area (Å²) in [5.74, 6) is 1.11. The maximum Gasteiger partial charge on any atom is 0.264 e. The summed E-state index contributed by atoms with van der Waals surface area (Å²) in [6, 6.07) is 3.61. The number of unbranched alkanes of at least 4 members (excludes halogenated alkanes) is 1. The van der Waals surface area contributed by atoms with Gasteiger partial charge in [0, 0.05) is 16.9 Å². The Morgan fingerprint density at radius 2 is 1.59 bits per heavy atom. The average molecular weight is 397 g/mol. The molecule has 0 bridgehead atoms. The van der Waals surface area contributed by atoms with E-state index in [1.54, 1.807) is 6.07 Å². The molecule has 4 unspecified atom stereocenters. The van der Waals surface area contributed by atoms with Gasteiger partial charge in [-0.3, -0.25) is 4.79 Å². The number of alkyl halides is 1. The van der Waals surface area contributed by atoms with E-state index in [9.17, 15) is 4.79 Å². The van der Waals surface area contributed by atoms with Crippen LogP contribution < -0.4 is 5.56 Å². The molecule has 1 aromatic rings. The quantitative estimate of drug-likeness (QED) is 0.349. The van der Waals surface area contributed by atoms with Crippen LogP contribution in [-0.2, 0) is 5.41 Å². The van der Waals surface area contributed by atoms with Crippen LogP contribution in [0.4, 0.5) is 0 Å². The van der Waals surface area contributed by atoms with E-state index >= 15 is 0 Å². The first kappa shape index (κ1) is 24.2. The van der Waals surface area contributed by atoms with Crippen LogP contribution in [0.2, 0.25) is 0 Å². The van der Waals surface area contributed by atoms with Crippen molar-refractivity contribution in [1.29, 1.82) is 0 Å². The van der Waals surface area contributed by atoms with Gasteiger partial charge in [0.05, 0.1) is 5.69 Å². The number of hydrogen-bond acceptors (Lipinski definition) is 2. The highest BCUT2D eigenvalue weighted by atomic mass is 35.5. The van der Waals surface area contributed by atoms with Gasteiger partial charge in [-0.1, -0.05) is 60.3 Å². The molecule has 0 spiro atoms. The second-order valence-electron chi connectivity index (χ2n) is 8.29. The predicted octanol–water partition coefficient (Wildman–Crippen LogP) is 6.85. The Morgan fingerprint density at radius 1 is 0.963 bits per heavy atom. The van der Waals surface area contributed by atoms with Crippen molar-refractivity contribution >= 4 is 11.6 Å². The molecule has 1 N–H and O–H groups in total. The van der Waals surface area contributed by atoms with Gasteiger partial charge < -0.3 is 0 Å². The normalized spacial score (nSPS) is 17.3. The highest BCUT2D eigenvalue weighted by molar-refractivity contribution is 6.20. The summed E-state index contributed by atoms with van der Waals surface area (Å²) in [5.41, 5.74) is 0.897. The van der Waals surface area contributed by atoms with Gasteiger partial charge in [-0.25, -0.2) is 5.10 Å². The molecule has 3 nitrogen and oxygen atoms in total. The second-order valence-corrected chi connectivity index (χ2v) is 8.90. The summed E-state index contributed by atoms with van der Waals surface area (Å²) in [4.78, 5) is 11.6. The first-order valence-electron chi connectivity index (χ1n) is 11.1. The summed E-state index contributed by atoms with van der Waals surface area (Å²) >= 11 is 6.49. The lowest BCUT2D eigenvalue weighted by molar-refractivity contribution is 0.137. The summed E-state index contributed by atoms with van der Waals surface area (Å²) in [6.45, 7) is 11.4. The van der Waals surface area contributed by atoms with Crippen molar-refractivity contribution in [1.82, 2.24) is 10.2 Å². The molecule has 27 heavy (non-hydrogen) atoms. The fourth-order valence-electron chi connectivity index (χ4n) is 4.62. The Hall–Kier alpha value is -0.830. The van der Waals surface area contributed by atoms with Gasteiger partial charge in [0.15, 0.2) is 0 Å². The van der Waals surface area contributed by atoms with Gasteiger partial charge in [0.25, 0.3) is 5.56 Å². The van der Waals surface area contributed by atoms with Crippen molar-refractivity contribution in [2.75, 3.05) is 0 Å². The van der Waals surface area contributed by atoms with E-state index in [-0.39, 0.29) is 16.4 Å². The largest absolute Gasteiger partial charge is 0.268 e. The summed E-state index contributed by atoms with van der Waals surface area (Å²) in [7, 11) is 0. The minimum atomic E-state index is -0.124. The summed E-state index contributed by atoms with van der Waals surface area (Å²) in [6.07, 6.45) is 11.6. The molecule has 156 valence electrons. The Morgan fingerprint density at radius 3 is 2.07 bits per heavy atom. The molecule has 1 aromatic heterocycles. The molecule has 0 saturated carbocycles. The van der Waals surface area contributed by atoms with Crippen molar-refractivity contribution in [3.8, 4) is 0 Å². The van der Waals surface area contributed by atoms with Gasteiger partial charge in [-0.15, -0.1) is 11.6 Å². The molecule has 0 aliphatic heterocycles. The van der Waals surface area contributed by atoms with Gasteiger partial charge >= 0.3 is 0 Å². The van der Waals surface area contributed by atoms with Gasteiger partial charge in [0.1, 0.15) is 0 Å². The summed E-state index contributed by atoms with van der Waals surface area (Å²) < 4.78 is 0. The molecule has 0 fully saturated rings. The van der Waals surface area contributed by atoms with Crippen LogP contribution in [0, 0.1) is 11.8 Å². The first-order valence-corrected chi connectivity index (χ1v) is 11.6. The Balaban J connectivity index is 3.33. The molecule has 0 aliphatic carbocycles. The van der Waals surface area contributed by atoms with Crippen LogP contribution in [0.1, 0.15) is 105 Å². The van der Waals surface area contributed by atoms with E-state index < -0.39 is 0 Å². The summed E-state index contributed by atoms with van der Waals surface area (Å²) in [5, 5.41) is 7.49. The lowest BCUT2D eigenvalue weighted by Crippen LogP contribution is -2.41. The lowest BCUT2D eigenvalue weighted by atomic mass is 9.60. The van der Waals surface area contributed by atoms with Crippen molar-refractivity contribution in [3.63, 3.8) is 0 Å². The number of aromatic nitrogens is 2. The fourth-order valence-corrected chi connectivity index (χ4v) is 4.74. The third-order valence-electron chi connectivity index (χ3n) is 6.38. The zero-order chi connectivity index (χ0) is 20.3. The van der Waals surface area contributed by atoms with E-state index in [2.05, 4.69) is 44.8 Å². The molecule has 0 aromatic carbocycles. The van der Waals surface area contributed by atoms with Crippen molar-refractivity contribution in [3.05, 3.63) is 28.2 Å². The molecule has 0 radical (unpaired) electrons.